The second-order valence-electron chi connectivity index (χ2n) is 3.93. The maximum Gasteiger partial charge on any atom is 0.317 e. The monoisotopic (exact) mass is 205 g/mol. The van der Waals surface area contributed by atoms with E-state index in [2.05, 4.69) is 5.32 Å². The quantitative estimate of drug-likeness (QED) is 0.672. The SMILES string of the molecule is CN1CC(c2ccc(N)cc2)CNC1=O. The molecule has 0 aliphatic carbocycles. The van der Waals surface area contributed by atoms with E-state index >= 15 is 0 Å². The molecule has 4 heteroatoms. The summed E-state index contributed by atoms with van der Waals surface area (Å²) in [6, 6.07) is 7.83. The Bertz CT molecular complexity index is 361. The van der Waals surface area contributed by atoms with Crippen LogP contribution in [0.4, 0.5) is 10.5 Å². The maximum absolute atomic E-state index is 11.2. The number of nitrogens with one attached hydrogen (secondary N) is 1. The van der Waals surface area contributed by atoms with Gasteiger partial charge in [0.15, 0.2) is 0 Å². The van der Waals surface area contributed by atoms with Gasteiger partial charge in [0.2, 0.25) is 0 Å². The fraction of sp³-hybridized carbons (Fsp3) is 0.364. The first-order chi connectivity index (χ1) is 7.16. The molecule has 1 heterocycles. The number of nitrogens with zero attached hydrogens (tertiary/aromatic N) is 1. The number of anilines is 1. The molecule has 1 saturated heterocycles. The molecule has 0 bridgehead atoms. The van der Waals surface area contributed by atoms with Crippen LogP contribution < -0.4 is 11.1 Å². The number of likely N-dealkylation sites (N-methyl/N-ethyl adjacent to an activating group) is 1. The second-order valence-corrected chi connectivity index (χ2v) is 3.93. The number of urea groups is 1. The minimum atomic E-state index is 0.00157. The largest absolute Gasteiger partial charge is 0.399 e. The van der Waals surface area contributed by atoms with Gasteiger partial charge in [0.1, 0.15) is 0 Å². The molecule has 2 rings (SSSR count). The van der Waals surface area contributed by atoms with Gasteiger partial charge in [0.05, 0.1) is 0 Å². The highest BCUT2D eigenvalue weighted by Gasteiger charge is 2.23. The lowest BCUT2D eigenvalue weighted by atomic mass is 9.97. The Morgan fingerprint density at radius 2 is 2.07 bits per heavy atom. The summed E-state index contributed by atoms with van der Waals surface area (Å²) in [6.45, 7) is 1.46. The summed E-state index contributed by atoms with van der Waals surface area (Å²) < 4.78 is 0. The molecule has 1 aliphatic rings. The number of nitrogen functional groups attached to an aromatic ring is 1. The van der Waals surface area contributed by atoms with E-state index in [1.807, 2.05) is 24.3 Å². The third-order valence-electron chi connectivity index (χ3n) is 2.75. The van der Waals surface area contributed by atoms with E-state index < -0.39 is 0 Å². The zero-order valence-electron chi connectivity index (χ0n) is 8.73. The zero-order valence-corrected chi connectivity index (χ0v) is 8.73. The molecule has 1 aromatic carbocycles. The molecule has 15 heavy (non-hydrogen) atoms. The summed E-state index contributed by atoms with van der Waals surface area (Å²) in [5.74, 6) is 0.355. The van der Waals surface area contributed by atoms with Gasteiger partial charge in [-0.25, -0.2) is 4.79 Å². The lowest BCUT2D eigenvalue weighted by molar-refractivity contribution is 0.193. The van der Waals surface area contributed by atoms with E-state index in [9.17, 15) is 4.79 Å². The van der Waals surface area contributed by atoms with Crippen LogP contribution in [0.3, 0.4) is 0 Å². The lowest BCUT2D eigenvalue weighted by Crippen LogP contribution is -2.48. The first kappa shape index (κ1) is 9.83. The van der Waals surface area contributed by atoms with Crippen molar-refractivity contribution in [3.63, 3.8) is 0 Å². The van der Waals surface area contributed by atoms with Gasteiger partial charge in [-0.15, -0.1) is 0 Å². The van der Waals surface area contributed by atoms with E-state index in [0.717, 1.165) is 12.2 Å². The third-order valence-corrected chi connectivity index (χ3v) is 2.75. The summed E-state index contributed by atoms with van der Waals surface area (Å²) in [4.78, 5) is 12.9. The van der Waals surface area contributed by atoms with Crippen LogP contribution in [0.5, 0.6) is 0 Å². The molecule has 0 radical (unpaired) electrons. The summed E-state index contributed by atoms with van der Waals surface area (Å²) in [7, 11) is 1.80. The molecular formula is C11H15N3O. The van der Waals surface area contributed by atoms with Crippen LogP contribution in [-0.2, 0) is 0 Å². The van der Waals surface area contributed by atoms with Crippen LogP contribution in [-0.4, -0.2) is 31.1 Å². The normalized spacial score (nSPS) is 21.3. The predicted octanol–water partition coefficient (Wildman–Crippen LogP) is 1.01. The van der Waals surface area contributed by atoms with Gasteiger partial charge in [-0.1, -0.05) is 12.1 Å². The van der Waals surface area contributed by atoms with E-state index in [4.69, 9.17) is 5.73 Å². The molecule has 4 nitrogen and oxygen atoms in total. The number of rotatable bonds is 1. The Labute approximate surface area is 89.1 Å². The summed E-state index contributed by atoms with van der Waals surface area (Å²) in [5, 5.41) is 2.85. The van der Waals surface area contributed by atoms with E-state index in [0.29, 0.717) is 12.5 Å². The van der Waals surface area contributed by atoms with Crippen LogP contribution >= 0.6 is 0 Å². The van der Waals surface area contributed by atoms with Crippen LogP contribution in [0.15, 0.2) is 24.3 Å². The fourth-order valence-electron chi connectivity index (χ4n) is 1.81. The van der Waals surface area contributed by atoms with Gasteiger partial charge in [0, 0.05) is 31.7 Å². The molecule has 0 saturated carbocycles. The highest BCUT2D eigenvalue weighted by molar-refractivity contribution is 5.75. The van der Waals surface area contributed by atoms with Crippen LogP contribution in [0.25, 0.3) is 0 Å². The topological polar surface area (TPSA) is 58.4 Å². The minimum Gasteiger partial charge on any atom is -0.399 e. The number of hydrogen-bond donors (Lipinski definition) is 2. The maximum atomic E-state index is 11.2. The van der Waals surface area contributed by atoms with Crippen LogP contribution in [0.1, 0.15) is 11.5 Å². The molecular weight excluding hydrogens is 190 g/mol. The van der Waals surface area contributed by atoms with Crippen molar-refractivity contribution in [1.82, 2.24) is 10.2 Å². The molecule has 0 spiro atoms. The summed E-state index contributed by atoms with van der Waals surface area (Å²) in [5.41, 5.74) is 7.61. The van der Waals surface area contributed by atoms with Crippen molar-refractivity contribution in [2.45, 2.75) is 5.92 Å². The van der Waals surface area contributed by atoms with Crippen molar-refractivity contribution in [2.24, 2.45) is 0 Å². The Morgan fingerprint density at radius 1 is 1.40 bits per heavy atom. The van der Waals surface area contributed by atoms with E-state index in [1.54, 1.807) is 11.9 Å². The second kappa shape index (κ2) is 3.81. The molecule has 1 aromatic rings. The van der Waals surface area contributed by atoms with Gasteiger partial charge in [-0.3, -0.25) is 0 Å². The number of carbonyl (C=O) groups excluding carboxylic acids is 1. The number of nitrogens with two attached hydrogens (primary N) is 1. The van der Waals surface area contributed by atoms with Gasteiger partial charge < -0.3 is 16.0 Å². The molecule has 1 fully saturated rings. The Hall–Kier alpha value is -1.71. The summed E-state index contributed by atoms with van der Waals surface area (Å²) >= 11 is 0. The third kappa shape index (κ3) is 2.03. The molecule has 2 amide bonds. The first-order valence-electron chi connectivity index (χ1n) is 5.01. The lowest BCUT2D eigenvalue weighted by Gasteiger charge is -2.30. The minimum absolute atomic E-state index is 0.00157. The Kier molecular flexibility index (Phi) is 2.49. The van der Waals surface area contributed by atoms with Crippen molar-refractivity contribution < 1.29 is 4.79 Å². The first-order valence-corrected chi connectivity index (χ1v) is 5.01. The van der Waals surface area contributed by atoms with Crippen molar-refractivity contribution in [1.29, 1.82) is 0 Å². The highest BCUT2D eigenvalue weighted by Crippen LogP contribution is 2.19. The molecule has 80 valence electrons. The number of hydrogen-bond acceptors (Lipinski definition) is 2. The van der Waals surface area contributed by atoms with Crippen LogP contribution in [0.2, 0.25) is 0 Å². The predicted molar refractivity (Wildman–Crippen MR) is 59.6 cm³/mol. The zero-order chi connectivity index (χ0) is 10.8. The average molecular weight is 205 g/mol. The van der Waals surface area contributed by atoms with Gasteiger partial charge in [-0.05, 0) is 17.7 Å². The highest BCUT2D eigenvalue weighted by atomic mass is 16.2. The van der Waals surface area contributed by atoms with Gasteiger partial charge in [0.25, 0.3) is 0 Å². The molecule has 3 N–H and O–H groups in total. The van der Waals surface area contributed by atoms with E-state index in [-0.39, 0.29) is 6.03 Å². The molecule has 0 aromatic heterocycles. The van der Waals surface area contributed by atoms with Gasteiger partial charge in [-0.2, -0.15) is 0 Å². The molecule has 1 unspecified atom stereocenters. The summed E-state index contributed by atoms with van der Waals surface area (Å²) in [6.07, 6.45) is 0. The van der Waals surface area contributed by atoms with Crippen LogP contribution in [0, 0.1) is 0 Å². The number of carbonyl (C=O) groups is 1. The average Bonchev–Trinajstić information content (AvgIpc) is 2.23. The fourth-order valence-corrected chi connectivity index (χ4v) is 1.81. The van der Waals surface area contributed by atoms with Crippen molar-refractivity contribution in [3.8, 4) is 0 Å². The Morgan fingerprint density at radius 3 is 2.67 bits per heavy atom. The van der Waals surface area contributed by atoms with E-state index in [1.165, 1.54) is 5.56 Å². The van der Waals surface area contributed by atoms with Crippen molar-refractivity contribution in [3.05, 3.63) is 29.8 Å². The van der Waals surface area contributed by atoms with Crippen molar-refractivity contribution in [2.75, 3.05) is 25.9 Å². The molecule has 1 aliphatic heterocycles. The smallest absolute Gasteiger partial charge is 0.317 e. The van der Waals surface area contributed by atoms with Gasteiger partial charge >= 0.3 is 6.03 Å². The number of amides is 2. The van der Waals surface area contributed by atoms with Crippen molar-refractivity contribution >= 4 is 11.7 Å². The Balaban J connectivity index is 2.12. The molecule has 1 atom stereocenters. The number of benzene rings is 1. The standard InChI is InChI=1S/C11H15N3O/c1-14-7-9(6-13-11(14)15)8-2-4-10(12)5-3-8/h2-5,9H,6-7,12H2,1H3,(H,13,15).